The Morgan fingerprint density at radius 2 is 1.85 bits per heavy atom. The van der Waals surface area contributed by atoms with Crippen molar-refractivity contribution in [3.63, 3.8) is 0 Å². The fourth-order valence-electron chi connectivity index (χ4n) is 1.46. The third-order valence-corrected chi connectivity index (χ3v) is 2.23. The maximum absolute atomic E-state index is 12.0. The lowest BCUT2D eigenvalue weighted by Gasteiger charge is -2.19. The van der Waals surface area contributed by atoms with E-state index in [1.807, 2.05) is 0 Å². The number of ether oxygens (including phenoxy) is 2. The van der Waals surface area contributed by atoms with Crippen LogP contribution >= 0.6 is 0 Å². The molecule has 20 heavy (non-hydrogen) atoms. The molecule has 0 aliphatic carbocycles. The molecule has 1 amide bonds. The summed E-state index contributed by atoms with van der Waals surface area (Å²) in [7, 11) is 0. The molecule has 1 aromatic carbocycles. The van der Waals surface area contributed by atoms with E-state index in [0.29, 0.717) is 13.0 Å². The van der Waals surface area contributed by atoms with E-state index in [4.69, 9.17) is 4.74 Å². The van der Waals surface area contributed by atoms with Crippen molar-refractivity contribution in [2.75, 3.05) is 6.54 Å². The minimum absolute atomic E-state index is 0.115. The third kappa shape index (κ3) is 6.92. The first kappa shape index (κ1) is 16.2. The van der Waals surface area contributed by atoms with Gasteiger partial charge in [-0.25, -0.2) is 4.79 Å². The lowest BCUT2D eigenvalue weighted by atomic mass is 10.1. The molecule has 4 nitrogen and oxygen atoms in total. The van der Waals surface area contributed by atoms with Crippen LogP contribution in [0.5, 0.6) is 5.75 Å². The molecular formula is C14H19F2NO3. The minimum atomic E-state index is -2.82. The number of carbonyl (C=O) groups is 1. The van der Waals surface area contributed by atoms with Gasteiger partial charge in [0, 0.05) is 6.54 Å². The second kappa shape index (κ2) is 7.07. The van der Waals surface area contributed by atoms with Gasteiger partial charge < -0.3 is 14.8 Å². The van der Waals surface area contributed by atoms with Crippen LogP contribution in [0, 0.1) is 0 Å². The molecule has 0 aliphatic rings. The molecule has 0 heterocycles. The number of alkyl carbamates (subject to hydrolysis) is 1. The maximum atomic E-state index is 12.0. The van der Waals surface area contributed by atoms with E-state index in [1.54, 1.807) is 32.9 Å². The van der Waals surface area contributed by atoms with Gasteiger partial charge in [0.25, 0.3) is 0 Å². The summed E-state index contributed by atoms with van der Waals surface area (Å²) in [5, 5.41) is 2.62. The molecule has 0 atom stereocenters. The molecule has 112 valence electrons. The number of benzene rings is 1. The van der Waals surface area contributed by atoms with Crippen molar-refractivity contribution in [3.8, 4) is 5.75 Å². The standard InChI is InChI=1S/C14H19F2NO3/c1-14(2,3)20-13(18)17-9-8-10-4-6-11(7-5-10)19-12(15)16/h4-7,12H,8-9H2,1-3H3,(H,17,18). The van der Waals surface area contributed by atoms with Gasteiger partial charge in [-0.2, -0.15) is 8.78 Å². The van der Waals surface area contributed by atoms with Crippen LogP contribution in [0.15, 0.2) is 24.3 Å². The van der Waals surface area contributed by atoms with Gasteiger partial charge in [-0.1, -0.05) is 12.1 Å². The Morgan fingerprint density at radius 1 is 1.25 bits per heavy atom. The van der Waals surface area contributed by atoms with Crippen molar-refractivity contribution in [3.05, 3.63) is 29.8 Å². The summed E-state index contributed by atoms with van der Waals surface area (Å²) in [4.78, 5) is 11.4. The molecule has 0 radical (unpaired) electrons. The number of amides is 1. The van der Waals surface area contributed by atoms with Crippen LogP contribution in [-0.4, -0.2) is 24.9 Å². The van der Waals surface area contributed by atoms with Crippen molar-refractivity contribution in [2.45, 2.75) is 39.4 Å². The predicted molar refractivity (Wildman–Crippen MR) is 71.0 cm³/mol. The van der Waals surface area contributed by atoms with E-state index < -0.39 is 18.3 Å². The largest absolute Gasteiger partial charge is 0.444 e. The molecule has 0 fully saturated rings. The summed E-state index contributed by atoms with van der Waals surface area (Å²) in [5.41, 5.74) is 0.376. The van der Waals surface area contributed by atoms with E-state index in [1.165, 1.54) is 12.1 Å². The van der Waals surface area contributed by atoms with Gasteiger partial charge in [-0.3, -0.25) is 0 Å². The van der Waals surface area contributed by atoms with Crippen LogP contribution in [0.2, 0.25) is 0 Å². The zero-order valence-corrected chi connectivity index (χ0v) is 11.8. The zero-order valence-electron chi connectivity index (χ0n) is 11.8. The molecule has 6 heteroatoms. The number of nitrogens with one attached hydrogen (secondary N) is 1. The van der Waals surface area contributed by atoms with Crippen LogP contribution < -0.4 is 10.1 Å². The molecule has 0 unspecified atom stereocenters. The van der Waals surface area contributed by atoms with Gasteiger partial charge in [0.05, 0.1) is 0 Å². The highest BCUT2D eigenvalue weighted by molar-refractivity contribution is 5.67. The quantitative estimate of drug-likeness (QED) is 0.903. The van der Waals surface area contributed by atoms with Crippen molar-refractivity contribution in [2.24, 2.45) is 0 Å². The van der Waals surface area contributed by atoms with Crippen LogP contribution in [-0.2, 0) is 11.2 Å². The smallest absolute Gasteiger partial charge is 0.407 e. The predicted octanol–water partition coefficient (Wildman–Crippen LogP) is 3.36. The molecule has 0 saturated heterocycles. The molecule has 0 aromatic heterocycles. The van der Waals surface area contributed by atoms with Gasteiger partial charge >= 0.3 is 12.7 Å². The molecule has 1 rings (SSSR count). The number of rotatable bonds is 5. The Kier molecular flexibility index (Phi) is 5.73. The fraction of sp³-hybridized carbons (Fsp3) is 0.500. The Bertz CT molecular complexity index is 427. The van der Waals surface area contributed by atoms with Crippen LogP contribution in [0.4, 0.5) is 13.6 Å². The molecule has 0 spiro atoms. The first-order valence-corrected chi connectivity index (χ1v) is 6.27. The Hall–Kier alpha value is -1.85. The average Bonchev–Trinajstić information content (AvgIpc) is 2.28. The third-order valence-electron chi connectivity index (χ3n) is 2.23. The Labute approximate surface area is 117 Å². The highest BCUT2D eigenvalue weighted by Crippen LogP contribution is 2.15. The number of hydrogen-bond acceptors (Lipinski definition) is 3. The number of alkyl halides is 2. The average molecular weight is 287 g/mol. The molecule has 1 aromatic rings. The summed E-state index contributed by atoms with van der Waals surface area (Å²) in [6.07, 6.45) is 0.101. The van der Waals surface area contributed by atoms with Gasteiger partial charge in [-0.15, -0.1) is 0 Å². The van der Waals surface area contributed by atoms with Crippen molar-refractivity contribution < 1.29 is 23.0 Å². The van der Waals surface area contributed by atoms with E-state index in [0.717, 1.165) is 5.56 Å². The van der Waals surface area contributed by atoms with E-state index in [9.17, 15) is 13.6 Å². The lowest BCUT2D eigenvalue weighted by molar-refractivity contribution is -0.0498. The van der Waals surface area contributed by atoms with Crippen LogP contribution in [0.1, 0.15) is 26.3 Å². The van der Waals surface area contributed by atoms with E-state index in [-0.39, 0.29) is 5.75 Å². The SMILES string of the molecule is CC(C)(C)OC(=O)NCCc1ccc(OC(F)F)cc1. The highest BCUT2D eigenvalue weighted by atomic mass is 19.3. The van der Waals surface area contributed by atoms with Crippen molar-refractivity contribution >= 4 is 6.09 Å². The molecule has 0 bridgehead atoms. The normalized spacial score (nSPS) is 11.3. The van der Waals surface area contributed by atoms with Gasteiger partial charge in [0.1, 0.15) is 11.4 Å². The zero-order chi connectivity index (χ0) is 15.2. The number of halogens is 2. The summed E-state index contributed by atoms with van der Waals surface area (Å²) in [5.74, 6) is 0.115. The first-order chi connectivity index (χ1) is 9.26. The summed E-state index contributed by atoms with van der Waals surface area (Å²) >= 11 is 0. The first-order valence-electron chi connectivity index (χ1n) is 6.27. The number of hydrogen-bond donors (Lipinski definition) is 1. The Balaban J connectivity index is 2.33. The van der Waals surface area contributed by atoms with Crippen molar-refractivity contribution in [1.29, 1.82) is 0 Å². The second-order valence-electron chi connectivity index (χ2n) is 5.20. The van der Waals surface area contributed by atoms with Crippen molar-refractivity contribution in [1.82, 2.24) is 5.32 Å². The minimum Gasteiger partial charge on any atom is -0.444 e. The van der Waals surface area contributed by atoms with E-state index >= 15 is 0 Å². The van der Waals surface area contributed by atoms with Crippen LogP contribution in [0.25, 0.3) is 0 Å². The maximum Gasteiger partial charge on any atom is 0.407 e. The molecular weight excluding hydrogens is 268 g/mol. The Morgan fingerprint density at radius 3 is 2.35 bits per heavy atom. The monoisotopic (exact) mass is 287 g/mol. The fourth-order valence-corrected chi connectivity index (χ4v) is 1.46. The lowest BCUT2D eigenvalue weighted by Crippen LogP contribution is -2.33. The van der Waals surface area contributed by atoms with Gasteiger partial charge in [-0.05, 0) is 44.9 Å². The highest BCUT2D eigenvalue weighted by Gasteiger charge is 2.15. The summed E-state index contributed by atoms with van der Waals surface area (Å²) in [6.45, 7) is 2.94. The molecule has 1 N–H and O–H groups in total. The summed E-state index contributed by atoms with van der Waals surface area (Å²) < 4.78 is 33.3. The van der Waals surface area contributed by atoms with Gasteiger partial charge in [0.2, 0.25) is 0 Å². The molecule has 0 aliphatic heterocycles. The van der Waals surface area contributed by atoms with Gasteiger partial charge in [0.15, 0.2) is 0 Å². The summed E-state index contributed by atoms with van der Waals surface area (Å²) in [6, 6.07) is 6.28. The molecule has 0 saturated carbocycles. The number of carbonyl (C=O) groups excluding carboxylic acids is 1. The van der Waals surface area contributed by atoms with E-state index in [2.05, 4.69) is 10.1 Å². The second-order valence-corrected chi connectivity index (χ2v) is 5.20. The topological polar surface area (TPSA) is 47.6 Å². The van der Waals surface area contributed by atoms with Crippen LogP contribution in [0.3, 0.4) is 0 Å².